The Balaban J connectivity index is 1.56. The summed E-state index contributed by atoms with van der Waals surface area (Å²) in [6.07, 6.45) is 3.07. The fraction of sp³-hybridized carbons (Fsp3) is 0.0909. The monoisotopic (exact) mass is 326 g/mol. The van der Waals surface area contributed by atoms with Gasteiger partial charge in [-0.1, -0.05) is 48.5 Å². The Hall–Kier alpha value is -3.20. The normalized spacial score (nSPS) is 10.9. The van der Waals surface area contributed by atoms with E-state index in [1.807, 2.05) is 71.3 Å². The zero-order chi connectivity index (χ0) is 17.1. The van der Waals surface area contributed by atoms with Crippen molar-refractivity contribution in [3.05, 3.63) is 96.3 Å². The van der Waals surface area contributed by atoms with E-state index in [-0.39, 0.29) is 5.78 Å². The first-order valence-electron chi connectivity index (χ1n) is 8.41. The number of ketones is 1. The van der Waals surface area contributed by atoms with Crippen molar-refractivity contribution in [2.24, 2.45) is 0 Å². The van der Waals surface area contributed by atoms with Crippen LogP contribution in [0.3, 0.4) is 0 Å². The summed E-state index contributed by atoms with van der Waals surface area (Å²) in [4.78, 5) is 17.0. The van der Waals surface area contributed by atoms with Crippen LogP contribution in [0.15, 0.2) is 85.2 Å². The van der Waals surface area contributed by atoms with Gasteiger partial charge in [-0.3, -0.25) is 9.36 Å². The molecule has 3 aromatic carbocycles. The minimum atomic E-state index is 0.153. The number of carbonyl (C=O) groups is 1. The van der Waals surface area contributed by atoms with Crippen LogP contribution in [0.1, 0.15) is 22.3 Å². The van der Waals surface area contributed by atoms with E-state index in [9.17, 15) is 4.79 Å². The number of rotatable bonds is 5. The van der Waals surface area contributed by atoms with Crippen molar-refractivity contribution in [1.82, 2.24) is 9.55 Å². The summed E-state index contributed by atoms with van der Waals surface area (Å²) in [5.41, 5.74) is 4.82. The highest BCUT2D eigenvalue weighted by Crippen LogP contribution is 2.20. The van der Waals surface area contributed by atoms with Gasteiger partial charge in [-0.05, 0) is 42.3 Å². The van der Waals surface area contributed by atoms with E-state index in [1.165, 1.54) is 5.56 Å². The highest BCUT2D eigenvalue weighted by atomic mass is 16.1. The third-order valence-electron chi connectivity index (χ3n) is 4.39. The molecule has 0 saturated carbocycles. The maximum Gasteiger partial charge on any atom is 0.163 e. The van der Waals surface area contributed by atoms with Crippen LogP contribution >= 0.6 is 0 Å². The number of aromatic nitrogens is 2. The van der Waals surface area contributed by atoms with Crippen molar-refractivity contribution < 1.29 is 4.79 Å². The zero-order valence-electron chi connectivity index (χ0n) is 13.8. The van der Waals surface area contributed by atoms with Gasteiger partial charge in [0.05, 0.1) is 11.0 Å². The summed E-state index contributed by atoms with van der Waals surface area (Å²) in [6.45, 7) is 0. The first kappa shape index (κ1) is 15.3. The lowest BCUT2D eigenvalue weighted by molar-refractivity contribution is 0.0983. The van der Waals surface area contributed by atoms with Crippen molar-refractivity contribution in [3.8, 4) is 5.69 Å². The van der Waals surface area contributed by atoms with Gasteiger partial charge < -0.3 is 0 Å². The Morgan fingerprint density at radius 3 is 2.36 bits per heavy atom. The second kappa shape index (κ2) is 6.73. The van der Waals surface area contributed by atoms with Gasteiger partial charge in [-0.15, -0.1) is 0 Å². The number of para-hydroxylation sites is 1. The van der Waals surface area contributed by atoms with Crippen LogP contribution in [-0.2, 0) is 6.42 Å². The van der Waals surface area contributed by atoms with Crippen LogP contribution in [0.4, 0.5) is 0 Å². The van der Waals surface area contributed by atoms with Gasteiger partial charge in [-0.2, -0.15) is 0 Å². The number of hydrogen-bond acceptors (Lipinski definition) is 2. The quantitative estimate of drug-likeness (QED) is 0.492. The number of hydrogen-bond donors (Lipinski definition) is 0. The zero-order valence-corrected chi connectivity index (χ0v) is 13.8. The largest absolute Gasteiger partial charge is 0.299 e. The second-order valence-corrected chi connectivity index (χ2v) is 6.06. The van der Waals surface area contributed by atoms with Gasteiger partial charge in [0.1, 0.15) is 6.33 Å². The number of benzene rings is 3. The van der Waals surface area contributed by atoms with E-state index in [2.05, 4.69) is 17.1 Å². The average molecular weight is 326 g/mol. The van der Waals surface area contributed by atoms with Crippen molar-refractivity contribution in [2.75, 3.05) is 0 Å². The second-order valence-electron chi connectivity index (χ2n) is 6.06. The molecule has 0 aliphatic rings. The summed E-state index contributed by atoms with van der Waals surface area (Å²) in [5.74, 6) is 0.153. The number of fused-ring (bicyclic) bond motifs is 1. The maximum atomic E-state index is 12.5. The molecule has 3 nitrogen and oxygen atoms in total. The molecular weight excluding hydrogens is 308 g/mol. The number of carbonyl (C=O) groups excluding carboxylic acids is 1. The van der Waals surface area contributed by atoms with Gasteiger partial charge in [0.25, 0.3) is 0 Å². The summed E-state index contributed by atoms with van der Waals surface area (Å²) >= 11 is 0. The van der Waals surface area contributed by atoms with Crippen LogP contribution in [-0.4, -0.2) is 15.3 Å². The fourth-order valence-electron chi connectivity index (χ4n) is 3.03. The van der Waals surface area contributed by atoms with Crippen molar-refractivity contribution in [2.45, 2.75) is 12.8 Å². The molecule has 0 aliphatic carbocycles. The molecule has 0 bridgehead atoms. The predicted molar refractivity (Wildman–Crippen MR) is 100 cm³/mol. The molecule has 0 saturated heterocycles. The van der Waals surface area contributed by atoms with Gasteiger partial charge in [0, 0.05) is 17.7 Å². The van der Waals surface area contributed by atoms with Crippen molar-refractivity contribution in [3.63, 3.8) is 0 Å². The number of aryl methyl sites for hydroxylation is 1. The van der Waals surface area contributed by atoms with Crippen LogP contribution in [0.2, 0.25) is 0 Å². The molecule has 4 aromatic rings. The molecule has 0 unspecified atom stereocenters. The highest BCUT2D eigenvalue weighted by molar-refractivity contribution is 5.99. The third kappa shape index (κ3) is 3.22. The number of Topliss-reactive ketones (excluding diaryl/α,β-unsaturated/α-hetero) is 1. The smallest absolute Gasteiger partial charge is 0.163 e. The van der Waals surface area contributed by atoms with Crippen molar-refractivity contribution in [1.29, 1.82) is 0 Å². The van der Waals surface area contributed by atoms with E-state index < -0.39 is 0 Å². The van der Waals surface area contributed by atoms with E-state index in [0.717, 1.165) is 28.7 Å². The Kier molecular flexibility index (Phi) is 4.13. The lowest BCUT2D eigenvalue weighted by atomic mass is 10.0. The average Bonchev–Trinajstić information content (AvgIpc) is 3.11. The molecule has 0 radical (unpaired) electrons. The van der Waals surface area contributed by atoms with Gasteiger partial charge in [-0.25, -0.2) is 4.98 Å². The molecule has 1 heterocycles. The molecule has 4 rings (SSSR count). The predicted octanol–water partition coefficient (Wildman–Crippen LogP) is 4.84. The molecule has 1 aromatic heterocycles. The molecule has 0 atom stereocenters. The lowest BCUT2D eigenvalue weighted by Crippen LogP contribution is -2.01. The summed E-state index contributed by atoms with van der Waals surface area (Å²) in [6, 6.07) is 25.9. The van der Waals surface area contributed by atoms with Crippen molar-refractivity contribution >= 4 is 16.8 Å². The third-order valence-corrected chi connectivity index (χ3v) is 4.39. The fourth-order valence-corrected chi connectivity index (χ4v) is 3.03. The topological polar surface area (TPSA) is 34.9 Å². The summed E-state index contributed by atoms with van der Waals surface area (Å²) < 4.78 is 2.04. The van der Waals surface area contributed by atoms with Gasteiger partial charge in [0.2, 0.25) is 0 Å². The molecule has 3 heteroatoms. The highest BCUT2D eigenvalue weighted by Gasteiger charge is 2.10. The Morgan fingerprint density at radius 2 is 1.60 bits per heavy atom. The molecule has 0 fully saturated rings. The lowest BCUT2D eigenvalue weighted by Gasteiger charge is -2.05. The van der Waals surface area contributed by atoms with Crippen LogP contribution < -0.4 is 0 Å². The first-order valence-corrected chi connectivity index (χ1v) is 8.41. The van der Waals surface area contributed by atoms with Crippen LogP contribution in [0.5, 0.6) is 0 Å². The Morgan fingerprint density at radius 1 is 0.880 bits per heavy atom. The molecule has 25 heavy (non-hydrogen) atoms. The summed E-state index contributed by atoms with van der Waals surface area (Å²) in [5, 5.41) is 0. The molecule has 0 spiro atoms. The van der Waals surface area contributed by atoms with E-state index in [1.54, 1.807) is 6.33 Å². The van der Waals surface area contributed by atoms with Crippen LogP contribution in [0, 0.1) is 0 Å². The Labute approximate surface area is 146 Å². The maximum absolute atomic E-state index is 12.5. The minimum absolute atomic E-state index is 0.153. The molecule has 0 N–H and O–H groups in total. The molecule has 122 valence electrons. The molecule has 0 aliphatic heterocycles. The minimum Gasteiger partial charge on any atom is -0.299 e. The number of imidazole rings is 1. The Bertz CT molecular complexity index is 1000. The van der Waals surface area contributed by atoms with E-state index in [0.29, 0.717) is 6.42 Å². The van der Waals surface area contributed by atoms with E-state index in [4.69, 9.17) is 0 Å². The van der Waals surface area contributed by atoms with Crippen LogP contribution in [0.25, 0.3) is 16.7 Å². The standard InChI is InChI=1S/C22H18N2O/c25-22(14-11-17-7-3-1-4-8-17)18-12-13-21-20(15-18)23-16-24(21)19-9-5-2-6-10-19/h1-10,12-13,15-16H,11,14H2. The number of nitrogens with zero attached hydrogens (tertiary/aromatic N) is 2. The SMILES string of the molecule is O=C(CCc1ccccc1)c1ccc2c(c1)ncn2-c1ccccc1. The van der Waals surface area contributed by atoms with Gasteiger partial charge >= 0.3 is 0 Å². The first-order chi connectivity index (χ1) is 12.3. The van der Waals surface area contributed by atoms with E-state index >= 15 is 0 Å². The van der Waals surface area contributed by atoms with Gasteiger partial charge in [0.15, 0.2) is 5.78 Å². The molecular formula is C22H18N2O. The molecule has 0 amide bonds. The summed E-state index contributed by atoms with van der Waals surface area (Å²) in [7, 11) is 0.